The molecule has 0 saturated carbocycles. The number of rotatable bonds is 2. The van der Waals surface area contributed by atoms with E-state index in [9.17, 15) is 8.42 Å². The molecular formula is C16H20ClNO4S. The maximum Gasteiger partial charge on any atom is 0.200 e. The summed E-state index contributed by atoms with van der Waals surface area (Å²) in [6, 6.07) is 3.24. The molecule has 0 amide bonds. The molecule has 23 heavy (non-hydrogen) atoms. The molecule has 1 aromatic carbocycles. The van der Waals surface area contributed by atoms with Gasteiger partial charge in [-0.2, -0.15) is 0 Å². The summed E-state index contributed by atoms with van der Waals surface area (Å²) in [4.78, 5) is 4.45. The molecule has 0 N–H and O–H groups in total. The van der Waals surface area contributed by atoms with Crippen molar-refractivity contribution in [3.8, 4) is 0 Å². The Hall–Kier alpha value is -1.11. The largest absolute Gasteiger partial charge is 0.439 e. The zero-order valence-corrected chi connectivity index (χ0v) is 15.2. The normalized spacial score (nSPS) is 22.8. The number of sulfone groups is 1. The zero-order valence-electron chi connectivity index (χ0n) is 13.6. The average Bonchev–Trinajstić information content (AvgIpc) is 3.04. The number of aromatic nitrogens is 1. The van der Waals surface area contributed by atoms with E-state index in [0.29, 0.717) is 24.4 Å². The minimum atomic E-state index is -3.72. The summed E-state index contributed by atoms with van der Waals surface area (Å²) in [6.45, 7) is 8.14. The number of hydrogen-bond acceptors (Lipinski definition) is 5. The Labute approximate surface area is 140 Å². The number of hydrogen-bond donors (Lipinski definition) is 0. The number of nitrogens with zero attached hydrogens (tertiary/aromatic N) is 1. The van der Waals surface area contributed by atoms with Crippen molar-refractivity contribution < 1.29 is 17.6 Å². The summed E-state index contributed by atoms with van der Waals surface area (Å²) in [5.41, 5.74) is 0.406. The van der Waals surface area contributed by atoms with Crippen LogP contribution < -0.4 is 0 Å². The first-order chi connectivity index (χ1) is 10.6. The molecule has 1 aromatic heterocycles. The lowest BCUT2D eigenvalue weighted by Gasteiger charge is -2.22. The molecule has 2 heterocycles. The van der Waals surface area contributed by atoms with Crippen LogP contribution in [0.25, 0.3) is 11.1 Å². The molecule has 126 valence electrons. The molecule has 0 bridgehead atoms. The number of oxazole rings is 1. The monoisotopic (exact) mass is 357 g/mol. The van der Waals surface area contributed by atoms with Gasteiger partial charge in [0.05, 0.1) is 16.4 Å². The predicted octanol–water partition coefficient (Wildman–Crippen LogP) is 3.73. The van der Waals surface area contributed by atoms with Gasteiger partial charge in [-0.25, -0.2) is 13.4 Å². The second-order valence-electron chi connectivity index (χ2n) is 7.25. The molecule has 1 fully saturated rings. The highest BCUT2D eigenvalue weighted by Crippen LogP contribution is 2.41. The van der Waals surface area contributed by atoms with Crippen LogP contribution in [0.15, 0.2) is 21.4 Å². The molecule has 1 aliphatic heterocycles. The van der Waals surface area contributed by atoms with E-state index in [-0.39, 0.29) is 27.5 Å². The van der Waals surface area contributed by atoms with Crippen molar-refractivity contribution in [1.29, 1.82) is 0 Å². The van der Waals surface area contributed by atoms with E-state index in [0.717, 1.165) is 0 Å². The molecule has 1 aliphatic rings. The molecule has 2 aromatic rings. The van der Waals surface area contributed by atoms with Gasteiger partial charge in [-0.1, -0.05) is 32.4 Å². The fourth-order valence-electron chi connectivity index (χ4n) is 2.62. The van der Waals surface area contributed by atoms with Crippen molar-refractivity contribution in [1.82, 2.24) is 4.98 Å². The Morgan fingerprint density at radius 3 is 2.57 bits per heavy atom. The summed E-state index contributed by atoms with van der Waals surface area (Å²) < 4.78 is 36.5. The van der Waals surface area contributed by atoms with Crippen LogP contribution >= 0.6 is 11.6 Å². The molecule has 0 aliphatic carbocycles. The lowest BCUT2D eigenvalue weighted by atomic mass is 9.97. The molecule has 1 saturated heterocycles. The summed E-state index contributed by atoms with van der Waals surface area (Å²) >= 11 is 6.24. The standard InChI is InChI=1S/C16H20ClNO4S/c1-15(2,3)14-18-11-6-5-10(17)13(12(11)22-14)23(19,20)16(4)7-8-21-9-16/h5-6H,7-9H2,1-4H3/t16-/m0/s1. The van der Waals surface area contributed by atoms with Gasteiger partial charge in [0.2, 0.25) is 5.89 Å². The van der Waals surface area contributed by atoms with Crippen molar-refractivity contribution >= 4 is 32.5 Å². The predicted molar refractivity (Wildman–Crippen MR) is 88.7 cm³/mol. The van der Waals surface area contributed by atoms with Crippen molar-refractivity contribution in [2.75, 3.05) is 13.2 Å². The smallest absolute Gasteiger partial charge is 0.200 e. The van der Waals surface area contributed by atoms with Gasteiger partial charge in [0.25, 0.3) is 0 Å². The summed E-state index contributed by atoms with van der Waals surface area (Å²) in [7, 11) is -3.72. The number of halogens is 1. The number of ether oxygens (including phenoxy) is 1. The summed E-state index contributed by atoms with van der Waals surface area (Å²) in [6.07, 6.45) is 0.433. The highest BCUT2D eigenvalue weighted by atomic mass is 35.5. The van der Waals surface area contributed by atoms with Gasteiger partial charge in [0.1, 0.15) is 10.4 Å². The first kappa shape index (κ1) is 16.7. The van der Waals surface area contributed by atoms with Gasteiger partial charge >= 0.3 is 0 Å². The van der Waals surface area contributed by atoms with Crippen LogP contribution in [0.3, 0.4) is 0 Å². The minimum absolute atomic E-state index is 0.0210. The zero-order chi connectivity index (χ0) is 17.0. The summed E-state index contributed by atoms with van der Waals surface area (Å²) in [5, 5.41) is 0.155. The van der Waals surface area contributed by atoms with Crippen molar-refractivity contribution in [3.05, 3.63) is 23.0 Å². The second kappa shape index (κ2) is 5.19. The molecule has 3 rings (SSSR count). The quantitative estimate of drug-likeness (QED) is 0.819. The van der Waals surface area contributed by atoms with E-state index < -0.39 is 14.6 Å². The van der Waals surface area contributed by atoms with Crippen molar-refractivity contribution in [2.45, 2.75) is 49.2 Å². The van der Waals surface area contributed by atoms with Gasteiger partial charge in [0.15, 0.2) is 15.4 Å². The summed E-state index contributed by atoms with van der Waals surface area (Å²) in [5.74, 6) is 0.485. The lowest BCUT2D eigenvalue weighted by Crippen LogP contribution is -2.36. The van der Waals surface area contributed by atoms with Crippen LogP contribution in [-0.4, -0.2) is 31.4 Å². The van der Waals surface area contributed by atoms with E-state index >= 15 is 0 Å². The molecule has 7 heteroatoms. The third-order valence-electron chi connectivity index (χ3n) is 4.21. The molecule has 0 unspecified atom stereocenters. The van der Waals surface area contributed by atoms with Crippen LogP contribution in [0.1, 0.15) is 40.0 Å². The van der Waals surface area contributed by atoms with Crippen LogP contribution in [0.2, 0.25) is 5.02 Å². The number of fused-ring (bicyclic) bond motifs is 1. The highest BCUT2D eigenvalue weighted by molar-refractivity contribution is 7.93. The third-order valence-corrected chi connectivity index (χ3v) is 7.20. The Bertz CT molecular complexity index is 858. The van der Waals surface area contributed by atoms with Crippen LogP contribution in [0.4, 0.5) is 0 Å². The van der Waals surface area contributed by atoms with E-state index in [4.69, 9.17) is 20.8 Å². The van der Waals surface area contributed by atoms with Crippen LogP contribution in [0, 0.1) is 0 Å². The number of benzene rings is 1. The van der Waals surface area contributed by atoms with Gasteiger partial charge in [-0.05, 0) is 25.5 Å². The Morgan fingerprint density at radius 2 is 2.00 bits per heavy atom. The maximum absolute atomic E-state index is 13.2. The van der Waals surface area contributed by atoms with Crippen molar-refractivity contribution in [2.24, 2.45) is 0 Å². The van der Waals surface area contributed by atoms with Gasteiger partial charge in [-0.3, -0.25) is 0 Å². The van der Waals surface area contributed by atoms with E-state index in [1.807, 2.05) is 20.8 Å². The van der Waals surface area contributed by atoms with E-state index in [1.165, 1.54) is 0 Å². The first-order valence-corrected chi connectivity index (χ1v) is 9.34. The topological polar surface area (TPSA) is 69.4 Å². The Balaban J connectivity index is 2.28. The Kier molecular flexibility index (Phi) is 3.78. The Morgan fingerprint density at radius 1 is 1.30 bits per heavy atom. The van der Waals surface area contributed by atoms with E-state index in [2.05, 4.69) is 4.98 Å². The fourth-order valence-corrected chi connectivity index (χ4v) is 4.87. The fraction of sp³-hybridized carbons (Fsp3) is 0.562. The second-order valence-corrected chi connectivity index (χ2v) is 10.1. The third kappa shape index (κ3) is 2.57. The van der Waals surface area contributed by atoms with Gasteiger partial charge < -0.3 is 9.15 Å². The minimum Gasteiger partial charge on any atom is -0.439 e. The first-order valence-electron chi connectivity index (χ1n) is 7.48. The van der Waals surface area contributed by atoms with Gasteiger partial charge in [-0.15, -0.1) is 0 Å². The maximum atomic E-state index is 13.2. The SMILES string of the molecule is CC(C)(C)c1nc2ccc(Cl)c(S(=O)(=O)[C@@]3(C)CCOC3)c2o1. The molecular weight excluding hydrogens is 338 g/mol. The average molecular weight is 358 g/mol. The molecule has 0 spiro atoms. The molecule has 5 nitrogen and oxygen atoms in total. The lowest BCUT2D eigenvalue weighted by molar-refractivity contribution is 0.191. The molecule has 1 atom stereocenters. The van der Waals surface area contributed by atoms with Crippen molar-refractivity contribution in [3.63, 3.8) is 0 Å². The van der Waals surface area contributed by atoms with Crippen LogP contribution in [-0.2, 0) is 20.0 Å². The highest BCUT2D eigenvalue weighted by Gasteiger charge is 2.46. The molecule has 0 radical (unpaired) electrons. The van der Waals surface area contributed by atoms with E-state index in [1.54, 1.807) is 19.1 Å². The van der Waals surface area contributed by atoms with Gasteiger partial charge in [0, 0.05) is 12.0 Å². The van der Waals surface area contributed by atoms with Crippen LogP contribution in [0.5, 0.6) is 0 Å².